The highest BCUT2D eigenvalue weighted by Gasteiger charge is 2.18. The molecule has 268 valence electrons. The van der Waals surface area contributed by atoms with Crippen molar-refractivity contribution in [3.05, 3.63) is 218 Å². The maximum Gasteiger partial charge on any atom is 0.0541 e. The van der Waals surface area contributed by atoms with E-state index in [4.69, 9.17) is 0 Å². The van der Waals surface area contributed by atoms with Crippen LogP contribution in [0, 0.1) is 0 Å². The summed E-state index contributed by atoms with van der Waals surface area (Å²) in [6.07, 6.45) is 0. The molecule has 0 aliphatic rings. The summed E-state index contributed by atoms with van der Waals surface area (Å²) in [6.45, 7) is 0. The van der Waals surface area contributed by atoms with Crippen molar-refractivity contribution < 1.29 is 0 Å². The molecule has 0 atom stereocenters. The molecule has 11 rings (SSSR count). The van der Waals surface area contributed by atoms with E-state index in [-0.39, 0.29) is 0 Å². The van der Waals surface area contributed by atoms with Crippen molar-refractivity contribution in [2.75, 3.05) is 4.90 Å². The summed E-state index contributed by atoms with van der Waals surface area (Å²) in [5.41, 5.74) is 14.0. The largest absolute Gasteiger partial charge is 0.310 e. The Morgan fingerprint density at radius 3 is 1.61 bits per heavy atom. The quantitative estimate of drug-likeness (QED) is 0.158. The molecule has 11 aromatic rings. The van der Waals surface area contributed by atoms with E-state index in [2.05, 4.69) is 228 Å². The molecule has 57 heavy (non-hydrogen) atoms. The zero-order valence-corrected chi connectivity index (χ0v) is 31.9. The standard InChI is InChI=1S/C54H36N2S/c1-4-15-37(16-5-1)41-31-42(38-17-6-2-7-18-38)34-46(33-41)55(43-20-8-3-9-21-43)44-22-14-19-39(32-44)40-27-29-52-49(35-40)47-23-10-12-25-51(47)56(52)45-28-30-54-50(36-45)48-24-11-13-26-53(48)57-54/h1-36H. The van der Waals surface area contributed by atoms with Gasteiger partial charge in [0.2, 0.25) is 0 Å². The Morgan fingerprint density at radius 1 is 0.298 bits per heavy atom. The van der Waals surface area contributed by atoms with Gasteiger partial charge in [-0.15, -0.1) is 11.3 Å². The topological polar surface area (TPSA) is 8.17 Å². The minimum atomic E-state index is 1.10. The molecular formula is C54H36N2S. The molecule has 0 aliphatic heterocycles. The van der Waals surface area contributed by atoms with E-state index in [0.29, 0.717) is 0 Å². The summed E-state index contributed by atoms with van der Waals surface area (Å²) in [6, 6.07) is 79.4. The van der Waals surface area contributed by atoms with Crippen molar-refractivity contribution in [1.29, 1.82) is 0 Å². The average molecular weight is 745 g/mol. The van der Waals surface area contributed by atoms with E-state index < -0.39 is 0 Å². The minimum Gasteiger partial charge on any atom is -0.310 e. The van der Waals surface area contributed by atoms with Gasteiger partial charge >= 0.3 is 0 Å². The fraction of sp³-hybridized carbons (Fsp3) is 0. The van der Waals surface area contributed by atoms with Crippen LogP contribution in [0.25, 0.3) is 81.0 Å². The number of benzene rings is 9. The number of thiophene rings is 1. The Morgan fingerprint density at radius 2 is 0.860 bits per heavy atom. The number of anilines is 3. The van der Waals surface area contributed by atoms with Crippen molar-refractivity contribution >= 4 is 70.4 Å². The van der Waals surface area contributed by atoms with E-state index in [1.807, 2.05) is 11.3 Å². The smallest absolute Gasteiger partial charge is 0.0541 e. The Hall–Kier alpha value is -7.20. The van der Waals surface area contributed by atoms with Crippen LogP contribution in [-0.4, -0.2) is 4.57 Å². The maximum absolute atomic E-state index is 2.43. The number of hydrogen-bond donors (Lipinski definition) is 0. The highest BCUT2D eigenvalue weighted by atomic mass is 32.1. The monoisotopic (exact) mass is 744 g/mol. The third-order valence-corrected chi connectivity index (χ3v) is 12.3. The van der Waals surface area contributed by atoms with Crippen LogP contribution in [0.4, 0.5) is 17.1 Å². The minimum absolute atomic E-state index is 1.10. The van der Waals surface area contributed by atoms with E-state index in [9.17, 15) is 0 Å². The second-order valence-electron chi connectivity index (χ2n) is 14.6. The van der Waals surface area contributed by atoms with Gasteiger partial charge in [-0.1, -0.05) is 133 Å². The molecule has 0 radical (unpaired) electrons. The predicted octanol–water partition coefficient (Wildman–Crippen LogP) is 15.6. The zero-order valence-electron chi connectivity index (χ0n) is 31.1. The molecule has 0 spiro atoms. The first kappa shape index (κ1) is 33.2. The summed E-state index contributed by atoms with van der Waals surface area (Å²) < 4.78 is 5.07. The van der Waals surface area contributed by atoms with Crippen LogP contribution in [0.3, 0.4) is 0 Å². The molecule has 0 bridgehead atoms. The lowest BCUT2D eigenvalue weighted by Crippen LogP contribution is -2.10. The third kappa shape index (κ3) is 5.88. The molecule has 0 unspecified atom stereocenters. The van der Waals surface area contributed by atoms with Gasteiger partial charge in [0.1, 0.15) is 0 Å². The number of rotatable bonds is 7. The molecule has 3 heteroatoms. The summed E-state index contributed by atoms with van der Waals surface area (Å²) in [4.78, 5) is 2.39. The van der Waals surface area contributed by atoms with Gasteiger partial charge in [0.05, 0.1) is 11.0 Å². The Balaban J connectivity index is 1.06. The van der Waals surface area contributed by atoms with E-state index in [1.54, 1.807) is 0 Å². The highest BCUT2D eigenvalue weighted by Crippen LogP contribution is 2.42. The van der Waals surface area contributed by atoms with E-state index in [0.717, 1.165) is 17.1 Å². The van der Waals surface area contributed by atoms with Crippen LogP contribution >= 0.6 is 11.3 Å². The first-order chi connectivity index (χ1) is 28.2. The fourth-order valence-corrected chi connectivity index (χ4v) is 9.55. The molecule has 0 fully saturated rings. The van der Waals surface area contributed by atoms with Crippen molar-refractivity contribution in [3.8, 4) is 39.1 Å². The SMILES string of the molecule is c1ccc(-c2cc(-c3ccccc3)cc(N(c3ccccc3)c3cccc(-c4ccc5c(c4)c4ccccc4n5-c4ccc5sc6ccccc6c5c4)c3)c2)cc1. The first-order valence-corrected chi connectivity index (χ1v) is 20.2. The third-order valence-electron chi connectivity index (χ3n) is 11.1. The maximum atomic E-state index is 2.43. The molecule has 0 N–H and O–H groups in total. The summed E-state index contributed by atoms with van der Waals surface area (Å²) in [5, 5.41) is 5.11. The predicted molar refractivity (Wildman–Crippen MR) is 245 cm³/mol. The zero-order chi connectivity index (χ0) is 37.7. The van der Waals surface area contributed by atoms with Gasteiger partial charge in [-0.25, -0.2) is 0 Å². The second-order valence-corrected chi connectivity index (χ2v) is 15.7. The molecular weight excluding hydrogens is 709 g/mol. The van der Waals surface area contributed by atoms with Crippen molar-refractivity contribution in [1.82, 2.24) is 4.57 Å². The lowest BCUT2D eigenvalue weighted by molar-refractivity contribution is 1.19. The first-order valence-electron chi connectivity index (χ1n) is 19.4. The Labute approximate surface area is 335 Å². The van der Waals surface area contributed by atoms with Crippen molar-refractivity contribution in [2.24, 2.45) is 0 Å². The number of hydrogen-bond acceptors (Lipinski definition) is 2. The van der Waals surface area contributed by atoms with Crippen LogP contribution in [0.2, 0.25) is 0 Å². The molecule has 2 heterocycles. The number of fused-ring (bicyclic) bond motifs is 6. The van der Waals surface area contributed by atoms with E-state index >= 15 is 0 Å². The second kappa shape index (κ2) is 13.8. The lowest BCUT2D eigenvalue weighted by Gasteiger charge is -2.27. The Bertz CT molecular complexity index is 3180. The van der Waals surface area contributed by atoms with Gasteiger partial charge in [-0.05, 0) is 118 Å². The normalized spacial score (nSPS) is 11.5. The van der Waals surface area contributed by atoms with Gasteiger partial charge in [0.15, 0.2) is 0 Å². The molecule has 9 aromatic carbocycles. The van der Waals surface area contributed by atoms with Crippen LogP contribution < -0.4 is 4.90 Å². The molecule has 0 saturated heterocycles. The molecule has 0 amide bonds. The van der Waals surface area contributed by atoms with Crippen molar-refractivity contribution in [2.45, 2.75) is 0 Å². The molecule has 0 saturated carbocycles. The summed E-state index contributed by atoms with van der Waals surface area (Å²) >= 11 is 1.86. The van der Waals surface area contributed by atoms with Gasteiger partial charge in [0.25, 0.3) is 0 Å². The summed E-state index contributed by atoms with van der Waals surface area (Å²) in [5.74, 6) is 0. The van der Waals surface area contributed by atoms with Crippen LogP contribution in [0.5, 0.6) is 0 Å². The van der Waals surface area contributed by atoms with Gasteiger partial charge in [0, 0.05) is 53.7 Å². The number of para-hydroxylation sites is 2. The molecule has 2 nitrogen and oxygen atoms in total. The molecule has 0 aliphatic carbocycles. The average Bonchev–Trinajstić information content (AvgIpc) is 3.82. The number of aromatic nitrogens is 1. The fourth-order valence-electron chi connectivity index (χ4n) is 8.47. The van der Waals surface area contributed by atoms with Gasteiger partial charge in [-0.2, -0.15) is 0 Å². The molecule has 2 aromatic heterocycles. The van der Waals surface area contributed by atoms with Crippen LogP contribution in [0.15, 0.2) is 218 Å². The Kier molecular flexibility index (Phi) is 8.04. The highest BCUT2D eigenvalue weighted by molar-refractivity contribution is 7.25. The van der Waals surface area contributed by atoms with Gasteiger partial charge in [-0.3, -0.25) is 0 Å². The van der Waals surface area contributed by atoms with Crippen LogP contribution in [0.1, 0.15) is 0 Å². The van der Waals surface area contributed by atoms with Crippen molar-refractivity contribution in [3.63, 3.8) is 0 Å². The number of nitrogens with zero attached hydrogens (tertiary/aromatic N) is 2. The van der Waals surface area contributed by atoms with Gasteiger partial charge < -0.3 is 9.47 Å². The summed E-state index contributed by atoms with van der Waals surface area (Å²) in [7, 11) is 0. The lowest BCUT2D eigenvalue weighted by atomic mass is 9.97. The van der Waals surface area contributed by atoms with Crippen LogP contribution in [-0.2, 0) is 0 Å². The van der Waals surface area contributed by atoms with E-state index in [1.165, 1.54) is 81.0 Å².